The molecule has 1 aliphatic rings. The summed E-state index contributed by atoms with van der Waals surface area (Å²) in [5.74, 6) is 0.639. The molecule has 26 heavy (non-hydrogen) atoms. The number of halogens is 3. The molecule has 0 aliphatic carbocycles. The van der Waals surface area contributed by atoms with Crippen molar-refractivity contribution < 1.29 is 13.5 Å². The van der Waals surface area contributed by atoms with Crippen molar-refractivity contribution in [2.45, 2.75) is 12.7 Å². The average molecular weight is 419 g/mol. The molecule has 2 aromatic carbocycles. The zero-order valence-corrected chi connectivity index (χ0v) is 14.9. The van der Waals surface area contributed by atoms with Crippen molar-refractivity contribution in [3.8, 4) is 5.75 Å². The summed E-state index contributed by atoms with van der Waals surface area (Å²) in [4.78, 5) is 4.22. The molecular weight excluding hydrogens is 406 g/mol. The molecule has 0 fully saturated rings. The lowest BCUT2D eigenvalue weighted by Crippen LogP contribution is -2.21. The largest absolute Gasteiger partial charge is 0.434 e. The molecule has 1 N–H and O–H groups in total. The van der Waals surface area contributed by atoms with E-state index in [-0.39, 0.29) is 5.75 Å². The Bertz CT molecular complexity index is 973. The molecule has 3 aromatic rings. The third-order valence-corrected chi connectivity index (χ3v) is 4.49. The van der Waals surface area contributed by atoms with Gasteiger partial charge in [-0.25, -0.2) is 4.68 Å². The van der Waals surface area contributed by atoms with Gasteiger partial charge in [0.1, 0.15) is 18.1 Å². The van der Waals surface area contributed by atoms with Crippen LogP contribution in [0.3, 0.4) is 0 Å². The third-order valence-electron chi connectivity index (χ3n) is 4.00. The maximum Gasteiger partial charge on any atom is 0.387 e. The second-order valence-corrected chi connectivity index (χ2v) is 6.52. The van der Waals surface area contributed by atoms with Gasteiger partial charge in [0.15, 0.2) is 0 Å². The molecule has 1 aromatic heterocycles. The molecular formula is C18H13BrF2N4O. The van der Waals surface area contributed by atoms with Crippen LogP contribution in [-0.4, -0.2) is 21.4 Å². The molecule has 0 amide bonds. The van der Waals surface area contributed by atoms with Crippen LogP contribution in [0.15, 0.2) is 65.4 Å². The number of anilines is 1. The summed E-state index contributed by atoms with van der Waals surface area (Å²) in [7, 11) is 0. The van der Waals surface area contributed by atoms with Crippen LogP contribution in [0, 0.1) is 0 Å². The first-order chi connectivity index (χ1) is 12.6. The van der Waals surface area contributed by atoms with Crippen LogP contribution < -0.4 is 10.1 Å². The van der Waals surface area contributed by atoms with E-state index in [4.69, 9.17) is 4.74 Å². The van der Waals surface area contributed by atoms with Crippen LogP contribution in [0.25, 0.3) is 5.70 Å². The molecule has 5 nitrogen and oxygen atoms in total. The van der Waals surface area contributed by atoms with E-state index < -0.39 is 12.7 Å². The smallest absolute Gasteiger partial charge is 0.387 e. The normalized spacial score (nSPS) is 16.0. The van der Waals surface area contributed by atoms with Crippen LogP contribution in [-0.2, 0) is 0 Å². The maximum absolute atomic E-state index is 12.8. The first-order valence-electron chi connectivity index (χ1n) is 7.80. The highest BCUT2D eigenvalue weighted by Gasteiger charge is 2.26. The lowest BCUT2D eigenvalue weighted by molar-refractivity contribution is -0.0506. The molecule has 0 spiro atoms. The number of allylic oxidation sites excluding steroid dienone is 1. The fraction of sp³-hybridized carbons (Fsp3) is 0.111. The fourth-order valence-corrected chi connectivity index (χ4v) is 3.31. The molecule has 2 heterocycles. The lowest BCUT2D eigenvalue weighted by atomic mass is 10.0. The number of para-hydroxylation sites is 1. The van der Waals surface area contributed by atoms with Crippen LogP contribution in [0.4, 0.5) is 14.7 Å². The highest BCUT2D eigenvalue weighted by Crippen LogP contribution is 2.36. The van der Waals surface area contributed by atoms with E-state index in [0.717, 1.165) is 15.7 Å². The topological polar surface area (TPSA) is 52.0 Å². The van der Waals surface area contributed by atoms with Gasteiger partial charge in [-0.15, -0.1) is 0 Å². The summed E-state index contributed by atoms with van der Waals surface area (Å²) >= 11 is 3.46. The molecule has 4 rings (SSSR count). The molecule has 0 radical (unpaired) electrons. The van der Waals surface area contributed by atoms with Gasteiger partial charge in [-0.3, -0.25) is 0 Å². The molecule has 0 saturated carbocycles. The number of ether oxygens (including phenoxy) is 1. The number of nitrogens with one attached hydrogen (secondary N) is 1. The zero-order valence-electron chi connectivity index (χ0n) is 13.3. The second kappa shape index (κ2) is 6.87. The highest BCUT2D eigenvalue weighted by molar-refractivity contribution is 9.10. The number of hydrogen-bond donors (Lipinski definition) is 1. The third kappa shape index (κ3) is 3.20. The molecule has 8 heteroatoms. The van der Waals surface area contributed by atoms with Gasteiger partial charge < -0.3 is 10.1 Å². The van der Waals surface area contributed by atoms with E-state index in [0.29, 0.717) is 11.5 Å². The van der Waals surface area contributed by atoms with Crippen molar-refractivity contribution >= 4 is 27.6 Å². The highest BCUT2D eigenvalue weighted by atomic mass is 79.9. The second-order valence-electron chi connectivity index (χ2n) is 5.61. The van der Waals surface area contributed by atoms with Crippen LogP contribution >= 0.6 is 15.9 Å². The average Bonchev–Trinajstić information content (AvgIpc) is 3.09. The van der Waals surface area contributed by atoms with Crippen LogP contribution in [0.5, 0.6) is 5.75 Å². The van der Waals surface area contributed by atoms with Gasteiger partial charge in [-0.1, -0.05) is 46.3 Å². The summed E-state index contributed by atoms with van der Waals surface area (Å²) < 4.78 is 32.9. The number of nitrogens with zero attached hydrogens (tertiary/aromatic N) is 3. The van der Waals surface area contributed by atoms with Gasteiger partial charge in [0.05, 0.1) is 0 Å². The predicted octanol–water partition coefficient (Wildman–Crippen LogP) is 4.70. The van der Waals surface area contributed by atoms with E-state index in [1.807, 2.05) is 30.3 Å². The summed E-state index contributed by atoms with van der Waals surface area (Å²) in [6, 6.07) is 14.0. The molecule has 1 atom stereocenters. The minimum absolute atomic E-state index is 0.112. The number of fused-ring (bicyclic) bond motifs is 1. The number of aromatic nitrogens is 3. The van der Waals surface area contributed by atoms with E-state index in [1.54, 1.807) is 22.9 Å². The van der Waals surface area contributed by atoms with Crippen molar-refractivity contribution in [3.05, 3.63) is 76.5 Å². The Hall–Kier alpha value is -2.74. The van der Waals surface area contributed by atoms with Gasteiger partial charge in [-0.2, -0.15) is 18.9 Å². The standard InChI is InChI=1S/C18H13BrF2N4O/c19-12-5-3-4-11(8-12)14-9-15(25-18(24-14)22-10-23-25)13-6-1-2-7-16(13)26-17(20)21/h1-10,15,17H,(H,22,23,24)/t15-/m1/s1. The summed E-state index contributed by atoms with van der Waals surface area (Å²) in [5.41, 5.74) is 2.32. The van der Waals surface area contributed by atoms with E-state index in [2.05, 4.69) is 31.3 Å². The number of rotatable bonds is 4. The quantitative estimate of drug-likeness (QED) is 0.667. The SMILES string of the molecule is FC(F)Oc1ccccc1[C@H]1C=C(c2cccc(Br)c2)Nc2ncnn21. The van der Waals surface area contributed by atoms with Gasteiger partial charge in [-0.05, 0) is 29.8 Å². The minimum atomic E-state index is -2.90. The zero-order chi connectivity index (χ0) is 18.1. The Labute approximate surface area is 156 Å². The Morgan fingerprint density at radius 1 is 1.15 bits per heavy atom. The molecule has 0 unspecified atom stereocenters. The first kappa shape index (κ1) is 16.7. The number of hydrogen-bond acceptors (Lipinski definition) is 4. The Balaban J connectivity index is 1.82. The number of alkyl halides is 2. The Morgan fingerprint density at radius 3 is 2.81 bits per heavy atom. The van der Waals surface area contributed by atoms with Crippen LogP contribution in [0.2, 0.25) is 0 Å². The van der Waals surface area contributed by atoms with E-state index >= 15 is 0 Å². The minimum Gasteiger partial charge on any atom is -0.434 e. The van der Waals surface area contributed by atoms with Gasteiger partial charge in [0.2, 0.25) is 5.95 Å². The van der Waals surface area contributed by atoms with Gasteiger partial charge >= 0.3 is 6.61 Å². The lowest BCUT2D eigenvalue weighted by Gasteiger charge is -2.25. The molecule has 0 bridgehead atoms. The summed E-state index contributed by atoms with van der Waals surface area (Å²) in [5, 5.41) is 7.45. The molecule has 0 saturated heterocycles. The Morgan fingerprint density at radius 2 is 2.00 bits per heavy atom. The van der Waals surface area contributed by atoms with Crippen molar-refractivity contribution in [2.75, 3.05) is 5.32 Å². The van der Waals surface area contributed by atoms with Gasteiger partial charge in [0, 0.05) is 15.7 Å². The van der Waals surface area contributed by atoms with Crippen molar-refractivity contribution in [1.29, 1.82) is 0 Å². The van der Waals surface area contributed by atoms with Crippen LogP contribution in [0.1, 0.15) is 17.2 Å². The summed E-state index contributed by atoms with van der Waals surface area (Å²) in [6.07, 6.45) is 3.33. The monoisotopic (exact) mass is 418 g/mol. The van der Waals surface area contributed by atoms with Crippen molar-refractivity contribution in [2.24, 2.45) is 0 Å². The Kier molecular flexibility index (Phi) is 4.42. The molecule has 132 valence electrons. The van der Waals surface area contributed by atoms with E-state index in [1.165, 1.54) is 12.4 Å². The van der Waals surface area contributed by atoms with E-state index in [9.17, 15) is 8.78 Å². The first-order valence-corrected chi connectivity index (χ1v) is 8.59. The molecule has 1 aliphatic heterocycles. The van der Waals surface area contributed by atoms with Crippen molar-refractivity contribution in [3.63, 3.8) is 0 Å². The summed E-state index contributed by atoms with van der Waals surface area (Å²) in [6.45, 7) is -2.90. The van der Waals surface area contributed by atoms with Gasteiger partial charge in [0.25, 0.3) is 0 Å². The maximum atomic E-state index is 12.8. The predicted molar refractivity (Wildman–Crippen MR) is 97.0 cm³/mol. The number of benzene rings is 2. The fourth-order valence-electron chi connectivity index (χ4n) is 2.91. The van der Waals surface area contributed by atoms with Crippen molar-refractivity contribution in [1.82, 2.24) is 14.8 Å².